The van der Waals surface area contributed by atoms with Crippen LogP contribution in [-0.2, 0) is 11.3 Å². The monoisotopic (exact) mass is 256 g/mol. The van der Waals surface area contributed by atoms with Gasteiger partial charge in [0, 0.05) is 41.8 Å². The Hall–Kier alpha value is -1.11. The number of nitrogens with zero attached hydrogens (tertiary/aromatic N) is 1. The molecule has 0 aliphatic carbocycles. The van der Waals surface area contributed by atoms with E-state index in [0.717, 1.165) is 17.9 Å². The Morgan fingerprint density at radius 3 is 2.53 bits per heavy atom. The summed E-state index contributed by atoms with van der Waals surface area (Å²) in [6.45, 7) is 5.28. The third kappa shape index (κ3) is 4.72. The van der Waals surface area contributed by atoms with Gasteiger partial charge in [-0.25, -0.2) is 4.72 Å². The molecule has 0 fully saturated rings. The zero-order valence-corrected chi connectivity index (χ0v) is 10.9. The summed E-state index contributed by atoms with van der Waals surface area (Å²) in [6.07, 6.45) is 0. The highest BCUT2D eigenvalue weighted by Gasteiger charge is 2.09. The predicted molar refractivity (Wildman–Crippen MR) is 70.3 cm³/mol. The number of hydrogen-bond donors (Lipinski definition) is 2. The molecule has 17 heavy (non-hydrogen) atoms. The second-order valence-corrected chi connectivity index (χ2v) is 4.59. The van der Waals surface area contributed by atoms with Crippen molar-refractivity contribution in [3.8, 4) is 0 Å². The van der Waals surface area contributed by atoms with Crippen molar-refractivity contribution < 1.29 is 8.76 Å². The van der Waals surface area contributed by atoms with Gasteiger partial charge in [0.15, 0.2) is 0 Å². The summed E-state index contributed by atoms with van der Waals surface area (Å²) in [5, 5.41) is 0. The van der Waals surface area contributed by atoms with Crippen LogP contribution in [0.2, 0.25) is 0 Å². The molecular formula is C11H18N3O2S-. The molecule has 5 nitrogen and oxygen atoms in total. The van der Waals surface area contributed by atoms with Crippen molar-refractivity contribution in [2.24, 2.45) is 0 Å². The Kier molecular flexibility index (Phi) is 5.40. The highest BCUT2D eigenvalue weighted by atomic mass is 32.2. The molecule has 0 aromatic heterocycles. The van der Waals surface area contributed by atoms with Crippen LogP contribution >= 0.6 is 0 Å². The maximum atomic E-state index is 10.5. The van der Waals surface area contributed by atoms with Gasteiger partial charge in [0.25, 0.3) is 0 Å². The molecule has 3 N–H and O–H groups in total. The SMILES string of the molecule is CCN(CC(C)NS(=O)[O-])c1ccc(N)cc1. The molecule has 1 rings (SSSR count). The minimum absolute atomic E-state index is 0.133. The fraction of sp³-hybridized carbons (Fsp3) is 0.455. The molecule has 0 bridgehead atoms. The van der Waals surface area contributed by atoms with Crippen molar-refractivity contribution in [3.63, 3.8) is 0 Å². The molecule has 0 spiro atoms. The summed E-state index contributed by atoms with van der Waals surface area (Å²) in [5.74, 6) is 0. The zero-order chi connectivity index (χ0) is 12.8. The fourth-order valence-electron chi connectivity index (χ4n) is 1.63. The third-order valence-electron chi connectivity index (χ3n) is 2.43. The van der Waals surface area contributed by atoms with Gasteiger partial charge in [-0.05, 0) is 38.1 Å². The standard InChI is InChI=1S/C11H19N3O2S/c1-3-14(8-9(2)13-17(15)16)11-6-4-10(12)5-7-11/h4-7,9,13H,3,8,12H2,1-2H3,(H,15,16)/p-1. The van der Waals surface area contributed by atoms with E-state index < -0.39 is 11.3 Å². The van der Waals surface area contributed by atoms with E-state index in [-0.39, 0.29) is 6.04 Å². The van der Waals surface area contributed by atoms with Crippen molar-refractivity contribution >= 4 is 22.6 Å². The number of nitrogens with two attached hydrogens (primary N) is 1. The Labute approximate surface area is 104 Å². The first-order chi connectivity index (χ1) is 8.02. The lowest BCUT2D eigenvalue weighted by molar-refractivity contribution is 0.507. The van der Waals surface area contributed by atoms with Gasteiger partial charge < -0.3 is 15.2 Å². The molecule has 0 radical (unpaired) electrons. The Morgan fingerprint density at radius 2 is 2.06 bits per heavy atom. The molecule has 0 aliphatic rings. The molecule has 6 heteroatoms. The lowest BCUT2D eigenvalue weighted by atomic mass is 10.2. The van der Waals surface area contributed by atoms with Crippen LogP contribution in [-0.4, -0.2) is 27.9 Å². The quantitative estimate of drug-likeness (QED) is 0.584. The van der Waals surface area contributed by atoms with E-state index in [2.05, 4.69) is 9.62 Å². The molecule has 2 unspecified atom stereocenters. The van der Waals surface area contributed by atoms with Gasteiger partial charge in [-0.3, -0.25) is 4.21 Å². The minimum atomic E-state index is -2.22. The van der Waals surface area contributed by atoms with Crippen LogP contribution < -0.4 is 15.4 Å². The van der Waals surface area contributed by atoms with Crippen LogP contribution in [0.15, 0.2) is 24.3 Å². The van der Waals surface area contributed by atoms with E-state index >= 15 is 0 Å². The second-order valence-electron chi connectivity index (χ2n) is 3.88. The average Bonchev–Trinajstić information content (AvgIpc) is 2.26. The highest BCUT2D eigenvalue weighted by Crippen LogP contribution is 2.16. The highest BCUT2D eigenvalue weighted by molar-refractivity contribution is 7.77. The number of anilines is 2. The van der Waals surface area contributed by atoms with Crippen LogP contribution in [0, 0.1) is 0 Å². The summed E-state index contributed by atoms with van der Waals surface area (Å²) in [5.41, 5.74) is 7.38. The van der Waals surface area contributed by atoms with E-state index in [1.165, 1.54) is 0 Å². The Morgan fingerprint density at radius 1 is 1.47 bits per heavy atom. The number of rotatable bonds is 6. The molecule has 0 amide bonds. The molecular weight excluding hydrogens is 238 g/mol. The lowest BCUT2D eigenvalue weighted by Crippen LogP contribution is -2.39. The topological polar surface area (TPSA) is 81.4 Å². The van der Waals surface area contributed by atoms with Crippen LogP contribution in [0.25, 0.3) is 0 Å². The number of benzene rings is 1. The third-order valence-corrected chi connectivity index (χ3v) is 3.03. The average molecular weight is 256 g/mol. The smallest absolute Gasteiger partial charge is 0.0368 e. The number of nitrogens with one attached hydrogen (secondary N) is 1. The normalized spacial score (nSPS) is 14.3. The van der Waals surface area contributed by atoms with Crippen molar-refractivity contribution in [1.82, 2.24) is 4.72 Å². The van der Waals surface area contributed by atoms with E-state index in [1.54, 1.807) is 0 Å². The van der Waals surface area contributed by atoms with Gasteiger partial charge in [0.2, 0.25) is 0 Å². The van der Waals surface area contributed by atoms with Crippen LogP contribution in [0.4, 0.5) is 11.4 Å². The van der Waals surface area contributed by atoms with Crippen molar-refractivity contribution in [2.75, 3.05) is 23.7 Å². The van der Waals surface area contributed by atoms with Gasteiger partial charge in [-0.1, -0.05) is 0 Å². The lowest BCUT2D eigenvalue weighted by Gasteiger charge is -2.27. The number of likely N-dealkylation sites (N-methyl/N-ethyl adjacent to an activating group) is 1. The number of nitrogen functional groups attached to an aromatic ring is 1. The van der Waals surface area contributed by atoms with E-state index in [9.17, 15) is 8.76 Å². The Balaban J connectivity index is 2.65. The first kappa shape index (κ1) is 14.0. The predicted octanol–water partition coefficient (Wildman–Crippen LogP) is 0.867. The molecule has 1 aromatic carbocycles. The first-order valence-electron chi connectivity index (χ1n) is 5.48. The fourth-order valence-corrected chi connectivity index (χ4v) is 2.04. The van der Waals surface area contributed by atoms with E-state index in [1.807, 2.05) is 38.1 Å². The van der Waals surface area contributed by atoms with Gasteiger partial charge >= 0.3 is 0 Å². The Bertz CT molecular complexity index is 369. The zero-order valence-electron chi connectivity index (χ0n) is 10.1. The molecule has 0 saturated heterocycles. The molecule has 0 saturated carbocycles. The van der Waals surface area contributed by atoms with Gasteiger partial charge in [-0.15, -0.1) is 0 Å². The minimum Gasteiger partial charge on any atom is -0.760 e. The number of hydrogen-bond acceptors (Lipinski definition) is 4. The van der Waals surface area contributed by atoms with Crippen molar-refractivity contribution in [1.29, 1.82) is 0 Å². The summed E-state index contributed by atoms with van der Waals surface area (Å²) >= 11 is -2.22. The second kappa shape index (κ2) is 6.58. The van der Waals surface area contributed by atoms with Crippen LogP contribution in [0.3, 0.4) is 0 Å². The first-order valence-corrected chi connectivity index (χ1v) is 6.56. The molecule has 1 aromatic rings. The van der Waals surface area contributed by atoms with Crippen molar-refractivity contribution in [3.05, 3.63) is 24.3 Å². The summed E-state index contributed by atoms with van der Waals surface area (Å²) in [4.78, 5) is 2.09. The maximum Gasteiger partial charge on any atom is 0.0368 e. The van der Waals surface area contributed by atoms with Crippen LogP contribution in [0.1, 0.15) is 13.8 Å². The van der Waals surface area contributed by atoms with Gasteiger partial charge in [0.05, 0.1) is 0 Å². The molecule has 0 aliphatic heterocycles. The molecule has 96 valence electrons. The molecule has 0 heterocycles. The van der Waals surface area contributed by atoms with Gasteiger partial charge in [-0.2, -0.15) is 0 Å². The van der Waals surface area contributed by atoms with Crippen LogP contribution in [0.5, 0.6) is 0 Å². The van der Waals surface area contributed by atoms with E-state index in [0.29, 0.717) is 6.54 Å². The largest absolute Gasteiger partial charge is 0.760 e. The van der Waals surface area contributed by atoms with E-state index in [4.69, 9.17) is 5.73 Å². The van der Waals surface area contributed by atoms with Crippen molar-refractivity contribution in [2.45, 2.75) is 19.9 Å². The summed E-state index contributed by atoms with van der Waals surface area (Å²) in [7, 11) is 0. The summed E-state index contributed by atoms with van der Waals surface area (Å²) < 4.78 is 23.5. The van der Waals surface area contributed by atoms with Gasteiger partial charge in [0.1, 0.15) is 0 Å². The summed E-state index contributed by atoms with van der Waals surface area (Å²) in [6, 6.07) is 7.40. The maximum absolute atomic E-state index is 10.5. The molecule has 2 atom stereocenters.